The van der Waals surface area contributed by atoms with Gasteiger partial charge < -0.3 is 15.2 Å². The van der Waals surface area contributed by atoms with E-state index in [2.05, 4.69) is 26.2 Å². The first kappa shape index (κ1) is 28.0. The minimum Gasteiger partial charge on any atom is -0.478 e. The summed E-state index contributed by atoms with van der Waals surface area (Å²) in [6.45, 7) is 1.18. The fourth-order valence-electron chi connectivity index (χ4n) is 4.49. The highest BCUT2D eigenvalue weighted by Crippen LogP contribution is 2.38. The van der Waals surface area contributed by atoms with Gasteiger partial charge in [-0.1, -0.05) is 28.1 Å². The number of likely N-dealkylation sites (tertiary alicyclic amines) is 1. The van der Waals surface area contributed by atoms with Gasteiger partial charge >= 0.3 is 11.9 Å². The lowest BCUT2D eigenvalue weighted by atomic mass is 9.92. The average Bonchev–Trinajstić information content (AvgIpc) is 3.37. The number of nitrogens with zero attached hydrogens (tertiary/aromatic N) is 3. The molecule has 1 aromatic heterocycles. The van der Waals surface area contributed by atoms with Crippen molar-refractivity contribution >= 4 is 45.0 Å². The number of ether oxygens (including phenoxy) is 1. The number of carboxylic acids is 1. The van der Waals surface area contributed by atoms with E-state index in [1.807, 2.05) is 0 Å². The Morgan fingerprint density at radius 1 is 1.39 bits per heavy atom. The molecule has 2 N–H and O–H groups in total. The van der Waals surface area contributed by atoms with Crippen molar-refractivity contribution in [1.82, 2.24) is 15.2 Å². The van der Waals surface area contributed by atoms with Crippen molar-refractivity contribution in [3.05, 3.63) is 74.1 Å². The van der Waals surface area contributed by atoms with Crippen LogP contribution in [0.1, 0.15) is 30.0 Å². The van der Waals surface area contributed by atoms with Crippen LogP contribution in [0.4, 0.5) is 13.2 Å². The van der Waals surface area contributed by atoms with Crippen LogP contribution in [0.5, 0.6) is 0 Å². The number of rotatable bonds is 8. The second-order valence-corrected chi connectivity index (χ2v) is 10.6. The fraction of sp³-hybridized carbons (Fsp3) is 0.360. The molecule has 4 rings (SSSR count). The first-order chi connectivity index (χ1) is 18.1. The fourth-order valence-corrected chi connectivity index (χ4v) is 5.65. The van der Waals surface area contributed by atoms with E-state index in [-0.39, 0.29) is 25.3 Å². The quantitative estimate of drug-likeness (QED) is 0.333. The van der Waals surface area contributed by atoms with Crippen LogP contribution in [0.25, 0.3) is 0 Å². The first-order valence-corrected chi connectivity index (χ1v) is 13.3. The Kier molecular flexibility index (Phi) is 8.68. The molecule has 202 valence electrons. The SMILES string of the molecule is CCOC(=O)C1=C(CN2CC(/C=C/C(=O)O)CC(F)(F)C2)NC(c2nccs2)=N[C@H]1c1ccc(F)cc1Br. The van der Waals surface area contributed by atoms with Crippen LogP contribution in [-0.4, -0.2) is 64.9 Å². The Morgan fingerprint density at radius 2 is 2.18 bits per heavy atom. The van der Waals surface area contributed by atoms with Gasteiger partial charge in [0.25, 0.3) is 5.92 Å². The van der Waals surface area contributed by atoms with Gasteiger partial charge in [-0.2, -0.15) is 0 Å². The summed E-state index contributed by atoms with van der Waals surface area (Å²) in [6, 6.07) is 3.06. The third kappa shape index (κ3) is 6.69. The molecular formula is C25H24BrF3N4O4S. The molecule has 1 aromatic carbocycles. The molecule has 0 bridgehead atoms. The summed E-state index contributed by atoms with van der Waals surface area (Å²) in [6.07, 6.45) is 3.23. The number of piperidine rings is 1. The van der Waals surface area contributed by atoms with Gasteiger partial charge in [-0.15, -0.1) is 11.3 Å². The third-order valence-corrected chi connectivity index (χ3v) is 7.38. The van der Waals surface area contributed by atoms with Crippen LogP contribution < -0.4 is 5.32 Å². The maximum atomic E-state index is 14.7. The van der Waals surface area contributed by atoms with Gasteiger partial charge in [0.05, 0.1) is 18.7 Å². The number of hydrogen-bond acceptors (Lipinski definition) is 8. The normalized spacial score (nSPS) is 21.8. The molecule has 2 aromatic rings. The van der Waals surface area contributed by atoms with E-state index in [1.54, 1.807) is 18.5 Å². The van der Waals surface area contributed by atoms with Crippen molar-refractivity contribution in [1.29, 1.82) is 0 Å². The van der Waals surface area contributed by atoms with Gasteiger partial charge in [-0.05, 0) is 30.5 Å². The molecule has 3 heterocycles. The molecule has 0 amide bonds. The molecule has 1 saturated heterocycles. The van der Waals surface area contributed by atoms with Crippen molar-refractivity contribution in [2.75, 3.05) is 26.2 Å². The van der Waals surface area contributed by atoms with Crippen molar-refractivity contribution in [3.8, 4) is 0 Å². The third-order valence-electron chi connectivity index (χ3n) is 5.91. The van der Waals surface area contributed by atoms with Crippen LogP contribution in [0.3, 0.4) is 0 Å². The number of thiazole rings is 1. The molecule has 8 nitrogen and oxygen atoms in total. The summed E-state index contributed by atoms with van der Waals surface area (Å²) in [4.78, 5) is 34.6. The number of nitrogens with one attached hydrogen (secondary N) is 1. The standard InChI is InChI=1S/C25H24BrF3N4O4S/c1-2-37-24(36)20-18(12-33-11-14(3-6-19(34)35)10-25(28,29)13-33)31-22(23-30-7-8-38-23)32-21(20)16-5-4-15(27)9-17(16)26/h3-9,14,21H,2,10-13H2,1H3,(H,31,32)(H,34,35)/b6-3+/t14?,21-/m0/s1. The van der Waals surface area contributed by atoms with Crippen molar-refractivity contribution in [2.45, 2.75) is 25.3 Å². The number of aliphatic imine (C=N–C) groups is 1. The number of amidine groups is 1. The number of hydrogen-bond donors (Lipinski definition) is 2. The van der Waals surface area contributed by atoms with E-state index in [0.29, 0.717) is 26.6 Å². The van der Waals surface area contributed by atoms with E-state index >= 15 is 0 Å². The zero-order valence-electron chi connectivity index (χ0n) is 20.2. The largest absolute Gasteiger partial charge is 0.478 e. The number of carboxylic acid groups (broad SMARTS) is 1. The maximum Gasteiger partial charge on any atom is 0.338 e. The molecule has 0 saturated carbocycles. The second kappa shape index (κ2) is 11.8. The molecule has 0 aliphatic carbocycles. The lowest BCUT2D eigenvalue weighted by Crippen LogP contribution is -2.49. The van der Waals surface area contributed by atoms with Gasteiger partial charge in [-0.25, -0.2) is 27.7 Å². The highest BCUT2D eigenvalue weighted by molar-refractivity contribution is 9.10. The van der Waals surface area contributed by atoms with E-state index in [0.717, 1.165) is 6.08 Å². The Hall–Kier alpha value is -3.03. The Labute approximate surface area is 229 Å². The number of benzene rings is 1. The first-order valence-electron chi connectivity index (χ1n) is 11.7. The molecule has 2 aliphatic rings. The van der Waals surface area contributed by atoms with E-state index < -0.39 is 48.6 Å². The number of esters is 1. The van der Waals surface area contributed by atoms with Crippen LogP contribution in [0.15, 0.2) is 62.7 Å². The summed E-state index contributed by atoms with van der Waals surface area (Å²) in [5.41, 5.74) is 0.878. The second-order valence-electron chi connectivity index (χ2n) is 8.81. The lowest BCUT2D eigenvalue weighted by Gasteiger charge is -2.38. The minimum absolute atomic E-state index is 0.0693. The highest BCUT2D eigenvalue weighted by Gasteiger charge is 2.41. The Bertz CT molecular complexity index is 1300. The predicted octanol–water partition coefficient (Wildman–Crippen LogP) is 4.55. The number of halogens is 4. The maximum absolute atomic E-state index is 14.7. The molecule has 0 radical (unpaired) electrons. The topological polar surface area (TPSA) is 104 Å². The van der Waals surface area contributed by atoms with Gasteiger partial charge in [0, 0.05) is 47.3 Å². The van der Waals surface area contributed by atoms with E-state index in [4.69, 9.17) is 14.8 Å². The van der Waals surface area contributed by atoms with Gasteiger partial charge in [0.2, 0.25) is 0 Å². The molecular weight excluding hydrogens is 589 g/mol. The lowest BCUT2D eigenvalue weighted by molar-refractivity contribution is -0.139. The molecule has 0 spiro atoms. The number of carbonyl (C=O) groups is 2. The average molecular weight is 613 g/mol. The number of aromatic nitrogens is 1. The van der Waals surface area contributed by atoms with Crippen LogP contribution in [-0.2, 0) is 14.3 Å². The number of aliphatic carboxylic acids is 1. The van der Waals surface area contributed by atoms with Gasteiger partial charge in [0.1, 0.15) is 11.9 Å². The summed E-state index contributed by atoms with van der Waals surface area (Å²) in [5.74, 6) is -5.85. The van der Waals surface area contributed by atoms with Gasteiger partial charge in [-0.3, -0.25) is 9.89 Å². The molecule has 38 heavy (non-hydrogen) atoms. The molecule has 2 atom stereocenters. The van der Waals surface area contributed by atoms with E-state index in [1.165, 1.54) is 40.5 Å². The van der Waals surface area contributed by atoms with E-state index in [9.17, 15) is 22.8 Å². The van der Waals surface area contributed by atoms with Crippen LogP contribution in [0, 0.1) is 11.7 Å². The number of carbonyl (C=O) groups excluding carboxylic acids is 1. The minimum atomic E-state index is -3.07. The summed E-state index contributed by atoms with van der Waals surface area (Å²) in [5, 5.41) is 14.3. The molecule has 2 aliphatic heterocycles. The summed E-state index contributed by atoms with van der Waals surface area (Å²) < 4.78 is 48.9. The summed E-state index contributed by atoms with van der Waals surface area (Å²) >= 11 is 4.65. The van der Waals surface area contributed by atoms with Crippen molar-refractivity contribution in [2.24, 2.45) is 10.9 Å². The van der Waals surface area contributed by atoms with Gasteiger partial charge in [0.15, 0.2) is 10.8 Å². The summed E-state index contributed by atoms with van der Waals surface area (Å²) in [7, 11) is 0. The monoisotopic (exact) mass is 612 g/mol. The van der Waals surface area contributed by atoms with Crippen LogP contribution >= 0.6 is 27.3 Å². The predicted molar refractivity (Wildman–Crippen MR) is 139 cm³/mol. The molecule has 1 fully saturated rings. The number of alkyl halides is 2. The van der Waals surface area contributed by atoms with Crippen LogP contribution in [0.2, 0.25) is 0 Å². The van der Waals surface area contributed by atoms with Crippen molar-refractivity contribution < 1.29 is 32.6 Å². The van der Waals surface area contributed by atoms with Crippen molar-refractivity contribution in [3.63, 3.8) is 0 Å². The zero-order chi connectivity index (χ0) is 27.4. The molecule has 1 unspecified atom stereocenters. The highest BCUT2D eigenvalue weighted by atomic mass is 79.9. The molecule has 13 heteroatoms. The smallest absolute Gasteiger partial charge is 0.338 e. The zero-order valence-corrected chi connectivity index (χ0v) is 22.6. The Morgan fingerprint density at radius 3 is 2.84 bits per heavy atom. The Balaban J connectivity index is 1.78.